The van der Waals surface area contributed by atoms with Crippen molar-refractivity contribution in [1.29, 1.82) is 0 Å². The van der Waals surface area contributed by atoms with Gasteiger partial charge in [-0.15, -0.1) is 0 Å². The number of hydrogen-bond acceptors (Lipinski definition) is 4. The average molecular weight is 234 g/mol. The van der Waals surface area contributed by atoms with Crippen LogP contribution in [-0.4, -0.2) is 38.9 Å². The van der Waals surface area contributed by atoms with E-state index in [4.69, 9.17) is 4.74 Å². The molecular weight excluding hydrogens is 216 g/mol. The largest absolute Gasteiger partial charge is 0.378 e. The van der Waals surface area contributed by atoms with Gasteiger partial charge in [0, 0.05) is 18.6 Å². The van der Waals surface area contributed by atoms with E-state index in [1.807, 2.05) is 6.92 Å². The smallest absolute Gasteiger partial charge is 0.147 e. The van der Waals surface area contributed by atoms with Gasteiger partial charge in [-0.2, -0.15) is 0 Å². The van der Waals surface area contributed by atoms with Crippen LogP contribution in [0.5, 0.6) is 0 Å². The normalized spacial score (nSPS) is 26.8. The van der Waals surface area contributed by atoms with Gasteiger partial charge in [-0.25, -0.2) is 8.42 Å². The average Bonchev–Trinajstić information content (AvgIpc) is 2.49. The van der Waals surface area contributed by atoms with Gasteiger partial charge in [0.1, 0.15) is 15.6 Å². The molecule has 2 atom stereocenters. The SMILES string of the molecule is CC1CC(C(=O)CCCS(C)(=O)=O)CO1. The summed E-state index contributed by atoms with van der Waals surface area (Å²) in [6.07, 6.45) is 2.92. The summed E-state index contributed by atoms with van der Waals surface area (Å²) in [5.41, 5.74) is 0. The summed E-state index contributed by atoms with van der Waals surface area (Å²) >= 11 is 0. The van der Waals surface area contributed by atoms with E-state index in [2.05, 4.69) is 0 Å². The molecule has 0 aromatic carbocycles. The molecule has 0 bridgehead atoms. The molecule has 1 aliphatic heterocycles. The predicted molar refractivity (Wildman–Crippen MR) is 57.5 cm³/mol. The molecule has 15 heavy (non-hydrogen) atoms. The lowest BCUT2D eigenvalue weighted by molar-refractivity contribution is -0.122. The minimum absolute atomic E-state index is 0.0143. The number of sulfone groups is 1. The first kappa shape index (κ1) is 12.6. The van der Waals surface area contributed by atoms with Crippen molar-refractivity contribution < 1.29 is 17.9 Å². The molecule has 0 saturated carbocycles. The van der Waals surface area contributed by atoms with Gasteiger partial charge in [-0.05, 0) is 19.8 Å². The lowest BCUT2D eigenvalue weighted by atomic mass is 9.98. The van der Waals surface area contributed by atoms with Crippen LogP contribution in [0.1, 0.15) is 26.2 Å². The zero-order chi connectivity index (χ0) is 11.5. The van der Waals surface area contributed by atoms with E-state index >= 15 is 0 Å². The second kappa shape index (κ2) is 5.07. The Labute approximate surface area is 90.9 Å². The molecule has 0 radical (unpaired) electrons. The molecule has 1 saturated heterocycles. The van der Waals surface area contributed by atoms with Crippen LogP contribution in [-0.2, 0) is 19.4 Å². The van der Waals surface area contributed by atoms with Gasteiger partial charge >= 0.3 is 0 Å². The Morgan fingerprint density at radius 1 is 1.47 bits per heavy atom. The summed E-state index contributed by atoms with van der Waals surface area (Å²) in [7, 11) is -2.94. The fourth-order valence-electron chi connectivity index (χ4n) is 1.75. The highest BCUT2D eigenvalue weighted by Crippen LogP contribution is 2.21. The number of carbonyl (C=O) groups excluding carboxylic acids is 1. The van der Waals surface area contributed by atoms with Crippen LogP contribution in [0.25, 0.3) is 0 Å². The monoisotopic (exact) mass is 234 g/mol. The van der Waals surface area contributed by atoms with Crippen molar-refractivity contribution in [1.82, 2.24) is 0 Å². The first-order valence-electron chi connectivity index (χ1n) is 5.20. The number of Topliss-reactive ketones (excluding diaryl/α,β-unsaturated/α-hetero) is 1. The molecule has 2 unspecified atom stereocenters. The summed E-state index contributed by atoms with van der Waals surface area (Å²) in [6, 6.07) is 0. The van der Waals surface area contributed by atoms with Crippen LogP contribution in [0.15, 0.2) is 0 Å². The maximum absolute atomic E-state index is 11.6. The molecule has 1 fully saturated rings. The highest BCUT2D eigenvalue weighted by Gasteiger charge is 2.27. The Morgan fingerprint density at radius 3 is 2.60 bits per heavy atom. The van der Waals surface area contributed by atoms with Crippen LogP contribution >= 0.6 is 0 Å². The maximum atomic E-state index is 11.6. The minimum atomic E-state index is -2.94. The van der Waals surface area contributed by atoms with Crippen molar-refractivity contribution in [3.63, 3.8) is 0 Å². The fraction of sp³-hybridized carbons (Fsp3) is 0.900. The first-order valence-corrected chi connectivity index (χ1v) is 7.26. The zero-order valence-electron chi connectivity index (χ0n) is 9.23. The summed E-state index contributed by atoms with van der Waals surface area (Å²) in [4.78, 5) is 11.6. The molecular formula is C10H18O4S. The molecule has 0 amide bonds. The zero-order valence-corrected chi connectivity index (χ0v) is 10.0. The van der Waals surface area contributed by atoms with E-state index in [1.165, 1.54) is 6.26 Å². The molecule has 0 N–H and O–H groups in total. The van der Waals surface area contributed by atoms with Gasteiger partial charge in [0.25, 0.3) is 0 Å². The fourth-order valence-corrected chi connectivity index (χ4v) is 2.42. The van der Waals surface area contributed by atoms with E-state index in [9.17, 15) is 13.2 Å². The lowest BCUT2D eigenvalue weighted by Crippen LogP contribution is -2.16. The Kier molecular flexibility index (Phi) is 4.28. The van der Waals surface area contributed by atoms with Crippen LogP contribution in [0, 0.1) is 5.92 Å². The van der Waals surface area contributed by atoms with Gasteiger partial charge in [0.2, 0.25) is 0 Å². The number of hydrogen-bond donors (Lipinski definition) is 0. The Hall–Kier alpha value is -0.420. The van der Waals surface area contributed by atoms with Gasteiger partial charge < -0.3 is 4.74 Å². The summed E-state index contributed by atoms with van der Waals surface area (Å²) in [5, 5.41) is 0. The molecule has 0 spiro atoms. The van der Waals surface area contributed by atoms with Crippen LogP contribution in [0.4, 0.5) is 0 Å². The first-order chi connectivity index (χ1) is 6.88. The molecule has 4 nitrogen and oxygen atoms in total. The standard InChI is InChI=1S/C10H18O4S/c1-8-6-9(7-14-8)10(11)4-3-5-15(2,12)13/h8-9H,3-7H2,1-2H3. The van der Waals surface area contributed by atoms with Gasteiger partial charge in [0.05, 0.1) is 18.5 Å². The molecule has 1 heterocycles. The third-order valence-corrected chi connectivity index (χ3v) is 3.62. The quantitative estimate of drug-likeness (QED) is 0.706. The highest BCUT2D eigenvalue weighted by atomic mass is 32.2. The van der Waals surface area contributed by atoms with Gasteiger partial charge in [-0.3, -0.25) is 4.79 Å². The van der Waals surface area contributed by atoms with Crippen molar-refractivity contribution in [2.75, 3.05) is 18.6 Å². The van der Waals surface area contributed by atoms with Gasteiger partial charge in [-0.1, -0.05) is 0 Å². The number of rotatable bonds is 5. The van der Waals surface area contributed by atoms with Crippen molar-refractivity contribution in [2.45, 2.75) is 32.3 Å². The Bertz CT molecular complexity index is 320. The number of ether oxygens (including phenoxy) is 1. The van der Waals surface area contributed by atoms with E-state index in [0.717, 1.165) is 6.42 Å². The highest BCUT2D eigenvalue weighted by molar-refractivity contribution is 7.90. The number of carbonyl (C=O) groups is 1. The van der Waals surface area contributed by atoms with Gasteiger partial charge in [0.15, 0.2) is 0 Å². The second-order valence-corrected chi connectivity index (χ2v) is 6.54. The molecule has 0 aromatic rings. The summed E-state index contributed by atoms with van der Waals surface area (Å²) < 4.78 is 27.0. The predicted octanol–water partition coefficient (Wildman–Crippen LogP) is 0.805. The Balaban J connectivity index is 2.25. The van der Waals surface area contributed by atoms with Crippen molar-refractivity contribution in [3.05, 3.63) is 0 Å². The molecule has 88 valence electrons. The van der Waals surface area contributed by atoms with E-state index < -0.39 is 9.84 Å². The second-order valence-electron chi connectivity index (χ2n) is 4.28. The molecule has 1 aliphatic rings. The van der Waals surface area contributed by atoms with Crippen molar-refractivity contribution >= 4 is 15.6 Å². The van der Waals surface area contributed by atoms with E-state index in [0.29, 0.717) is 19.4 Å². The maximum Gasteiger partial charge on any atom is 0.147 e. The third kappa shape index (κ3) is 4.75. The van der Waals surface area contributed by atoms with Crippen LogP contribution < -0.4 is 0 Å². The lowest BCUT2D eigenvalue weighted by Gasteiger charge is -2.05. The van der Waals surface area contributed by atoms with Crippen LogP contribution in [0.3, 0.4) is 0 Å². The van der Waals surface area contributed by atoms with Crippen molar-refractivity contribution in [3.8, 4) is 0 Å². The summed E-state index contributed by atoms with van der Waals surface area (Å²) in [5.74, 6) is 0.226. The van der Waals surface area contributed by atoms with Crippen LogP contribution in [0.2, 0.25) is 0 Å². The molecule has 0 aliphatic carbocycles. The molecule has 0 aromatic heterocycles. The van der Waals surface area contributed by atoms with E-state index in [1.54, 1.807) is 0 Å². The topological polar surface area (TPSA) is 60.4 Å². The Morgan fingerprint density at radius 2 is 2.13 bits per heavy atom. The summed E-state index contributed by atoms with van der Waals surface area (Å²) in [6.45, 7) is 2.45. The van der Waals surface area contributed by atoms with Crippen molar-refractivity contribution in [2.24, 2.45) is 5.92 Å². The molecule has 1 rings (SSSR count). The molecule has 5 heteroatoms. The minimum Gasteiger partial charge on any atom is -0.378 e. The van der Waals surface area contributed by atoms with E-state index in [-0.39, 0.29) is 23.6 Å². The third-order valence-electron chi connectivity index (χ3n) is 2.59. The number of ketones is 1.